The number of thiophene rings is 1. The Balaban J connectivity index is 1.77. The summed E-state index contributed by atoms with van der Waals surface area (Å²) in [5, 5.41) is 17.1. The van der Waals surface area contributed by atoms with Crippen molar-refractivity contribution >= 4 is 11.3 Å². The van der Waals surface area contributed by atoms with Crippen molar-refractivity contribution in [2.45, 2.75) is 18.9 Å². The highest BCUT2D eigenvalue weighted by atomic mass is 32.1. The van der Waals surface area contributed by atoms with Gasteiger partial charge in [0.25, 0.3) is 0 Å². The van der Waals surface area contributed by atoms with Crippen molar-refractivity contribution in [3.63, 3.8) is 0 Å². The van der Waals surface area contributed by atoms with Gasteiger partial charge in [-0.25, -0.2) is 4.39 Å². The molecule has 0 spiro atoms. The van der Waals surface area contributed by atoms with Gasteiger partial charge in [-0.15, -0.1) is 0 Å². The smallest absolute Gasteiger partial charge is 0.123 e. The van der Waals surface area contributed by atoms with Crippen molar-refractivity contribution in [1.29, 1.82) is 0 Å². The second-order valence-electron chi connectivity index (χ2n) is 4.68. The Morgan fingerprint density at radius 2 is 1.89 bits per heavy atom. The first kappa shape index (κ1) is 14.2. The summed E-state index contributed by atoms with van der Waals surface area (Å²) in [6.07, 6.45) is -0.466. The van der Waals surface area contributed by atoms with Gasteiger partial charge in [-0.3, -0.25) is 0 Å². The van der Waals surface area contributed by atoms with Gasteiger partial charge in [-0.1, -0.05) is 19.1 Å². The normalized spacial score (nSPS) is 14.3. The third-order valence-electron chi connectivity index (χ3n) is 3.16. The van der Waals surface area contributed by atoms with Crippen molar-refractivity contribution in [1.82, 2.24) is 5.32 Å². The topological polar surface area (TPSA) is 32.3 Å². The van der Waals surface area contributed by atoms with E-state index >= 15 is 0 Å². The molecule has 2 unspecified atom stereocenters. The summed E-state index contributed by atoms with van der Waals surface area (Å²) in [6, 6.07) is 8.49. The lowest BCUT2D eigenvalue weighted by atomic mass is 10.0. The standard InChI is InChI=1S/C15H18FNOS/c1-11(12-2-4-14(16)5-3-12)8-17-9-15(18)13-6-7-19-10-13/h2-7,10-11,15,17-18H,8-9H2,1H3. The molecule has 1 aromatic carbocycles. The van der Waals surface area contributed by atoms with Gasteiger partial charge in [0, 0.05) is 13.1 Å². The average Bonchev–Trinajstić information content (AvgIpc) is 2.93. The van der Waals surface area contributed by atoms with Crippen molar-refractivity contribution in [3.8, 4) is 0 Å². The van der Waals surface area contributed by atoms with Crippen LogP contribution in [0.3, 0.4) is 0 Å². The quantitative estimate of drug-likeness (QED) is 0.850. The van der Waals surface area contributed by atoms with E-state index in [-0.39, 0.29) is 11.7 Å². The van der Waals surface area contributed by atoms with E-state index in [0.717, 1.165) is 17.7 Å². The van der Waals surface area contributed by atoms with E-state index in [0.29, 0.717) is 6.54 Å². The molecule has 102 valence electrons. The van der Waals surface area contributed by atoms with Crippen molar-refractivity contribution in [3.05, 3.63) is 58.0 Å². The molecule has 4 heteroatoms. The molecule has 2 nitrogen and oxygen atoms in total. The number of aliphatic hydroxyl groups excluding tert-OH is 1. The molecule has 19 heavy (non-hydrogen) atoms. The number of hydrogen-bond donors (Lipinski definition) is 2. The Morgan fingerprint density at radius 3 is 2.53 bits per heavy atom. The molecule has 0 radical (unpaired) electrons. The molecule has 0 saturated heterocycles. The zero-order chi connectivity index (χ0) is 13.7. The van der Waals surface area contributed by atoms with Crippen molar-refractivity contribution in [2.24, 2.45) is 0 Å². The van der Waals surface area contributed by atoms with Crippen LogP contribution in [0.25, 0.3) is 0 Å². The van der Waals surface area contributed by atoms with Crippen LogP contribution in [0, 0.1) is 5.82 Å². The number of halogens is 1. The van der Waals surface area contributed by atoms with Gasteiger partial charge in [0.2, 0.25) is 0 Å². The van der Waals surface area contributed by atoms with E-state index < -0.39 is 6.10 Å². The molecule has 1 aromatic heterocycles. The summed E-state index contributed by atoms with van der Waals surface area (Å²) < 4.78 is 12.8. The number of nitrogens with one attached hydrogen (secondary N) is 1. The minimum Gasteiger partial charge on any atom is -0.387 e. The molecule has 0 fully saturated rings. The molecule has 0 saturated carbocycles. The van der Waals surface area contributed by atoms with Gasteiger partial charge < -0.3 is 10.4 Å². The first-order chi connectivity index (χ1) is 9.16. The fourth-order valence-corrected chi connectivity index (χ4v) is 2.64. The van der Waals surface area contributed by atoms with Crippen LogP contribution in [-0.4, -0.2) is 18.2 Å². The van der Waals surface area contributed by atoms with Gasteiger partial charge in [0.05, 0.1) is 6.10 Å². The summed E-state index contributed by atoms with van der Waals surface area (Å²) in [5.41, 5.74) is 2.05. The van der Waals surface area contributed by atoms with Crippen LogP contribution in [0.4, 0.5) is 4.39 Å². The highest BCUT2D eigenvalue weighted by Gasteiger charge is 2.09. The lowest BCUT2D eigenvalue weighted by molar-refractivity contribution is 0.175. The fourth-order valence-electron chi connectivity index (χ4n) is 1.93. The maximum atomic E-state index is 12.8. The second kappa shape index (κ2) is 6.80. The Hall–Kier alpha value is -1.23. The summed E-state index contributed by atoms with van der Waals surface area (Å²) in [4.78, 5) is 0. The maximum absolute atomic E-state index is 12.8. The fraction of sp³-hybridized carbons (Fsp3) is 0.333. The van der Waals surface area contributed by atoms with E-state index in [1.54, 1.807) is 23.5 Å². The molecule has 0 aliphatic rings. The molecule has 1 heterocycles. The number of aliphatic hydroxyl groups is 1. The van der Waals surface area contributed by atoms with Gasteiger partial charge in [-0.05, 0) is 46.0 Å². The Bertz CT molecular complexity index is 483. The number of benzene rings is 1. The molecular weight excluding hydrogens is 261 g/mol. The summed E-state index contributed by atoms with van der Waals surface area (Å²) in [6.45, 7) is 3.37. The molecule has 2 aromatic rings. The van der Waals surface area contributed by atoms with Crippen LogP contribution in [0.1, 0.15) is 30.1 Å². The Morgan fingerprint density at radius 1 is 1.16 bits per heavy atom. The predicted octanol–water partition coefficient (Wildman–Crippen LogP) is 3.31. The summed E-state index contributed by atoms with van der Waals surface area (Å²) >= 11 is 1.58. The van der Waals surface area contributed by atoms with Crippen LogP contribution in [0.2, 0.25) is 0 Å². The van der Waals surface area contributed by atoms with Gasteiger partial charge in [0.15, 0.2) is 0 Å². The number of rotatable bonds is 6. The monoisotopic (exact) mass is 279 g/mol. The average molecular weight is 279 g/mol. The van der Waals surface area contributed by atoms with Gasteiger partial charge in [0.1, 0.15) is 5.82 Å². The summed E-state index contributed by atoms with van der Waals surface area (Å²) in [7, 11) is 0. The van der Waals surface area contributed by atoms with E-state index in [2.05, 4.69) is 12.2 Å². The number of hydrogen-bond acceptors (Lipinski definition) is 3. The van der Waals surface area contributed by atoms with E-state index in [1.807, 2.05) is 16.8 Å². The minimum atomic E-state index is -0.466. The van der Waals surface area contributed by atoms with Crippen LogP contribution < -0.4 is 5.32 Å². The lowest BCUT2D eigenvalue weighted by Gasteiger charge is -2.15. The molecular formula is C15H18FNOS. The third-order valence-corrected chi connectivity index (χ3v) is 3.86. The van der Waals surface area contributed by atoms with Crippen LogP contribution in [0.15, 0.2) is 41.1 Å². The molecule has 2 N–H and O–H groups in total. The first-order valence-corrected chi connectivity index (χ1v) is 7.27. The molecule has 0 aliphatic heterocycles. The predicted molar refractivity (Wildman–Crippen MR) is 77.0 cm³/mol. The highest BCUT2D eigenvalue weighted by molar-refractivity contribution is 7.07. The van der Waals surface area contributed by atoms with E-state index in [9.17, 15) is 9.50 Å². The van der Waals surface area contributed by atoms with Gasteiger partial charge >= 0.3 is 0 Å². The lowest BCUT2D eigenvalue weighted by Crippen LogP contribution is -2.25. The minimum absolute atomic E-state index is 0.211. The summed E-state index contributed by atoms with van der Waals surface area (Å²) in [5.74, 6) is 0.0760. The third kappa shape index (κ3) is 4.13. The zero-order valence-corrected chi connectivity index (χ0v) is 11.7. The molecule has 0 amide bonds. The van der Waals surface area contributed by atoms with Crippen LogP contribution in [0.5, 0.6) is 0 Å². The molecule has 2 atom stereocenters. The van der Waals surface area contributed by atoms with Crippen molar-refractivity contribution in [2.75, 3.05) is 13.1 Å². The van der Waals surface area contributed by atoms with Crippen molar-refractivity contribution < 1.29 is 9.50 Å². The van der Waals surface area contributed by atoms with Gasteiger partial charge in [-0.2, -0.15) is 11.3 Å². The largest absolute Gasteiger partial charge is 0.387 e. The zero-order valence-electron chi connectivity index (χ0n) is 10.8. The molecule has 0 bridgehead atoms. The Kier molecular flexibility index (Phi) is 5.07. The van der Waals surface area contributed by atoms with E-state index in [1.165, 1.54) is 12.1 Å². The highest BCUT2D eigenvalue weighted by Crippen LogP contribution is 2.17. The molecule has 2 rings (SSSR count). The first-order valence-electron chi connectivity index (χ1n) is 6.33. The Labute approximate surface area is 116 Å². The van der Waals surface area contributed by atoms with E-state index in [4.69, 9.17) is 0 Å². The van der Waals surface area contributed by atoms with Crippen LogP contribution >= 0.6 is 11.3 Å². The van der Waals surface area contributed by atoms with Crippen LogP contribution in [-0.2, 0) is 0 Å². The second-order valence-corrected chi connectivity index (χ2v) is 5.46. The molecule has 0 aliphatic carbocycles. The maximum Gasteiger partial charge on any atom is 0.123 e. The SMILES string of the molecule is CC(CNCC(O)c1ccsc1)c1ccc(F)cc1.